The Kier molecular flexibility index (Phi) is 6.90. The van der Waals surface area contributed by atoms with Gasteiger partial charge in [-0.25, -0.2) is 0 Å². The van der Waals surface area contributed by atoms with E-state index in [0.29, 0.717) is 5.15 Å². The molecule has 90 valence electrons. The van der Waals surface area contributed by atoms with Gasteiger partial charge in [-0.05, 0) is 6.42 Å². The van der Waals surface area contributed by atoms with E-state index < -0.39 is 0 Å². The van der Waals surface area contributed by atoms with Crippen LogP contribution < -0.4 is 5.32 Å². The third-order valence-electron chi connectivity index (χ3n) is 2.48. The molecule has 1 aromatic heterocycles. The summed E-state index contributed by atoms with van der Waals surface area (Å²) in [6.07, 6.45) is 9.55. The highest BCUT2D eigenvalue weighted by Gasteiger charge is 1.95. The number of unbranched alkanes of at least 4 members (excludes halogenated alkanes) is 5. The van der Waals surface area contributed by atoms with E-state index in [1.165, 1.54) is 38.5 Å². The molecule has 0 unspecified atom stereocenters. The minimum Gasteiger partial charge on any atom is -0.384 e. The van der Waals surface area contributed by atoms with Gasteiger partial charge in [-0.3, -0.25) is 0 Å². The first-order valence-electron chi connectivity index (χ1n) is 6.05. The van der Waals surface area contributed by atoms with Crippen LogP contribution in [0.4, 0.5) is 5.69 Å². The Morgan fingerprint density at radius 2 is 1.94 bits per heavy atom. The molecule has 0 saturated carbocycles. The fourth-order valence-electron chi connectivity index (χ4n) is 1.58. The zero-order valence-electron chi connectivity index (χ0n) is 9.88. The Morgan fingerprint density at radius 3 is 2.69 bits per heavy atom. The van der Waals surface area contributed by atoms with Crippen molar-refractivity contribution in [3.8, 4) is 0 Å². The van der Waals surface area contributed by atoms with E-state index in [0.717, 1.165) is 12.2 Å². The van der Waals surface area contributed by atoms with Crippen molar-refractivity contribution in [1.82, 2.24) is 10.2 Å². The molecule has 0 amide bonds. The molecule has 0 bridgehead atoms. The van der Waals surface area contributed by atoms with Crippen LogP contribution in [0.3, 0.4) is 0 Å². The number of aromatic nitrogens is 2. The molecule has 0 fully saturated rings. The molecule has 0 aliphatic heterocycles. The van der Waals surface area contributed by atoms with Gasteiger partial charge in [0.2, 0.25) is 0 Å². The largest absolute Gasteiger partial charge is 0.384 e. The van der Waals surface area contributed by atoms with Crippen LogP contribution in [0.1, 0.15) is 45.4 Å². The van der Waals surface area contributed by atoms with Crippen molar-refractivity contribution in [2.75, 3.05) is 11.9 Å². The lowest BCUT2D eigenvalue weighted by Gasteiger charge is -2.05. The lowest BCUT2D eigenvalue weighted by molar-refractivity contribution is 0.617. The number of hydrogen-bond acceptors (Lipinski definition) is 3. The molecule has 16 heavy (non-hydrogen) atoms. The number of halogens is 1. The smallest absolute Gasteiger partial charge is 0.153 e. The first kappa shape index (κ1) is 13.2. The predicted octanol–water partition coefficient (Wildman–Crippen LogP) is 3.90. The lowest BCUT2D eigenvalue weighted by Crippen LogP contribution is -2.02. The van der Waals surface area contributed by atoms with Gasteiger partial charge in [0, 0.05) is 12.6 Å². The minimum atomic E-state index is 0.438. The molecule has 1 N–H and O–H groups in total. The predicted molar refractivity (Wildman–Crippen MR) is 68.9 cm³/mol. The molecule has 0 atom stereocenters. The molecular formula is C12H20ClN3. The third kappa shape index (κ3) is 5.91. The average Bonchev–Trinajstić information content (AvgIpc) is 2.28. The number of nitrogens with one attached hydrogen (secondary N) is 1. The quantitative estimate of drug-likeness (QED) is 0.702. The Hall–Kier alpha value is -0.830. The summed E-state index contributed by atoms with van der Waals surface area (Å²) in [5.41, 5.74) is 0.952. The zero-order chi connectivity index (χ0) is 11.6. The van der Waals surface area contributed by atoms with Crippen LogP contribution in [-0.2, 0) is 0 Å². The summed E-state index contributed by atoms with van der Waals surface area (Å²) in [5, 5.41) is 11.2. The minimum absolute atomic E-state index is 0.438. The summed E-state index contributed by atoms with van der Waals surface area (Å²) in [6.45, 7) is 3.22. The molecule has 3 nitrogen and oxygen atoms in total. The fourth-order valence-corrected chi connectivity index (χ4v) is 1.74. The van der Waals surface area contributed by atoms with E-state index in [2.05, 4.69) is 22.4 Å². The second kappa shape index (κ2) is 8.34. The van der Waals surface area contributed by atoms with Crippen LogP contribution in [0.15, 0.2) is 12.3 Å². The van der Waals surface area contributed by atoms with E-state index in [1.807, 2.05) is 0 Å². The molecule has 4 heteroatoms. The standard InChI is InChI=1S/C12H20ClN3/c1-2-3-4-5-6-7-8-14-11-9-12(13)16-15-10-11/h9-10H,2-8H2,1H3,(H,14,16). The highest BCUT2D eigenvalue weighted by Crippen LogP contribution is 2.10. The third-order valence-corrected chi connectivity index (χ3v) is 2.67. The van der Waals surface area contributed by atoms with Gasteiger partial charge in [-0.2, -0.15) is 5.10 Å². The van der Waals surface area contributed by atoms with E-state index in [1.54, 1.807) is 12.3 Å². The molecular weight excluding hydrogens is 222 g/mol. The number of nitrogens with zero attached hydrogens (tertiary/aromatic N) is 2. The van der Waals surface area contributed by atoms with Crippen LogP contribution >= 0.6 is 11.6 Å². The first-order chi connectivity index (χ1) is 7.83. The van der Waals surface area contributed by atoms with Gasteiger partial charge in [0.25, 0.3) is 0 Å². The Bertz CT molecular complexity index is 291. The van der Waals surface area contributed by atoms with E-state index in [-0.39, 0.29) is 0 Å². The highest BCUT2D eigenvalue weighted by atomic mass is 35.5. The van der Waals surface area contributed by atoms with E-state index >= 15 is 0 Å². The first-order valence-corrected chi connectivity index (χ1v) is 6.43. The maximum absolute atomic E-state index is 5.73. The van der Waals surface area contributed by atoms with Gasteiger partial charge in [-0.1, -0.05) is 50.6 Å². The monoisotopic (exact) mass is 241 g/mol. The van der Waals surface area contributed by atoms with Crippen LogP contribution in [0.25, 0.3) is 0 Å². The maximum Gasteiger partial charge on any atom is 0.153 e. The van der Waals surface area contributed by atoms with Gasteiger partial charge in [-0.15, -0.1) is 5.10 Å². The van der Waals surface area contributed by atoms with Gasteiger partial charge < -0.3 is 5.32 Å². The summed E-state index contributed by atoms with van der Waals surface area (Å²) in [6, 6.07) is 1.80. The summed E-state index contributed by atoms with van der Waals surface area (Å²) < 4.78 is 0. The van der Waals surface area contributed by atoms with Crippen LogP contribution in [0.2, 0.25) is 5.15 Å². The van der Waals surface area contributed by atoms with E-state index in [4.69, 9.17) is 11.6 Å². The van der Waals surface area contributed by atoms with Crippen molar-refractivity contribution in [3.63, 3.8) is 0 Å². The summed E-state index contributed by atoms with van der Waals surface area (Å²) >= 11 is 5.73. The molecule has 0 aliphatic carbocycles. The Morgan fingerprint density at radius 1 is 1.19 bits per heavy atom. The summed E-state index contributed by atoms with van der Waals surface area (Å²) in [5.74, 6) is 0. The van der Waals surface area contributed by atoms with Gasteiger partial charge in [0.05, 0.1) is 11.9 Å². The molecule has 0 saturated heterocycles. The van der Waals surface area contributed by atoms with Crippen molar-refractivity contribution >= 4 is 17.3 Å². The van der Waals surface area contributed by atoms with Crippen LogP contribution in [0, 0.1) is 0 Å². The SMILES string of the molecule is CCCCCCCCNc1cnnc(Cl)c1. The zero-order valence-corrected chi connectivity index (χ0v) is 10.6. The fraction of sp³-hybridized carbons (Fsp3) is 0.667. The lowest BCUT2D eigenvalue weighted by atomic mass is 10.1. The molecule has 1 aromatic rings. The Balaban J connectivity index is 2.03. The van der Waals surface area contributed by atoms with Crippen LogP contribution in [0.5, 0.6) is 0 Å². The topological polar surface area (TPSA) is 37.8 Å². The van der Waals surface area contributed by atoms with E-state index in [9.17, 15) is 0 Å². The van der Waals surface area contributed by atoms with Crippen molar-refractivity contribution in [2.45, 2.75) is 45.4 Å². The maximum atomic E-state index is 5.73. The molecule has 1 rings (SSSR count). The summed E-state index contributed by atoms with van der Waals surface area (Å²) in [7, 11) is 0. The second-order valence-corrected chi connectivity index (χ2v) is 4.35. The van der Waals surface area contributed by atoms with Crippen molar-refractivity contribution in [1.29, 1.82) is 0 Å². The van der Waals surface area contributed by atoms with Crippen molar-refractivity contribution in [2.24, 2.45) is 0 Å². The summed E-state index contributed by atoms with van der Waals surface area (Å²) in [4.78, 5) is 0. The highest BCUT2D eigenvalue weighted by molar-refractivity contribution is 6.29. The van der Waals surface area contributed by atoms with Crippen LogP contribution in [-0.4, -0.2) is 16.7 Å². The molecule has 0 aliphatic rings. The normalized spacial score (nSPS) is 10.4. The molecule has 1 heterocycles. The van der Waals surface area contributed by atoms with Gasteiger partial charge in [0.15, 0.2) is 5.15 Å². The number of rotatable bonds is 8. The number of anilines is 1. The number of hydrogen-bond donors (Lipinski definition) is 1. The Labute approximate surface area is 103 Å². The second-order valence-electron chi connectivity index (χ2n) is 3.96. The molecule has 0 radical (unpaired) electrons. The van der Waals surface area contributed by atoms with Gasteiger partial charge >= 0.3 is 0 Å². The van der Waals surface area contributed by atoms with Crippen molar-refractivity contribution < 1.29 is 0 Å². The van der Waals surface area contributed by atoms with Crippen molar-refractivity contribution in [3.05, 3.63) is 17.4 Å². The van der Waals surface area contributed by atoms with Gasteiger partial charge in [0.1, 0.15) is 0 Å². The average molecular weight is 242 g/mol. The molecule has 0 spiro atoms. The molecule has 0 aromatic carbocycles.